The van der Waals surface area contributed by atoms with Gasteiger partial charge in [0.15, 0.2) is 0 Å². The van der Waals surface area contributed by atoms with Crippen LogP contribution in [-0.2, 0) is 13.0 Å². The van der Waals surface area contributed by atoms with Crippen LogP contribution < -0.4 is 16.0 Å². The van der Waals surface area contributed by atoms with E-state index in [1.165, 1.54) is 37.1 Å². The second kappa shape index (κ2) is 9.67. The first kappa shape index (κ1) is 19.6. The summed E-state index contributed by atoms with van der Waals surface area (Å²) in [6.07, 6.45) is 3.74. The summed E-state index contributed by atoms with van der Waals surface area (Å²) in [7, 11) is 1.87. The van der Waals surface area contributed by atoms with Crippen LogP contribution in [0.3, 0.4) is 0 Å². The van der Waals surface area contributed by atoms with Gasteiger partial charge in [-0.15, -0.1) is 0 Å². The fraction of sp³-hybridized carbons (Fsp3) is 0.524. The molecule has 0 saturated carbocycles. The summed E-state index contributed by atoms with van der Waals surface area (Å²) < 4.78 is 0. The van der Waals surface area contributed by atoms with Gasteiger partial charge < -0.3 is 20.9 Å². The highest BCUT2D eigenvalue weighted by Crippen LogP contribution is 2.20. The van der Waals surface area contributed by atoms with E-state index in [4.69, 9.17) is 0 Å². The van der Waals surface area contributed by atoms with Gasteiger partial charge >= 0.3 is 0 Å². The van der Waals surface area contributed by atoms with Crippen LogP contribution in [0.2, 0.25) is 0 Å². The second-order valence-corrected chi connectivity index (χ2v) is 7.16. The van der Waals surface area contributed by atoms with Crippen molar-refractivity contribution in [2.24, 2.45) is 0 Å². The lowest BCUT2D eigenvalue weighted by Gasteiger charge is -2.16. The van der Waals surface area contributed by atoms with E-state index in [-0.39, 0.29) is 0 Å². The molecule has 3 rings (SSSR count). The van der Waals surface area contributed by atoms with Crippen LogP contribution >= 0.6 is 0 Å². The van der Waals surface area contributed by atoms with Crippen molar-refractivity contribution in [2.75, 3.05) is 43.9 Å². The van der Waals surface area contributed by atoms with Crippen LogP contribution in [0.1, 0.15) is 36.6 Å². The fourth-order valence-corrected chi connectivity index (χ4v) is 3.56. The summed E-state index contributed by atoms with van der Waals surface area (Å²) >= 11 is 0. The molecular weight excluding hydrogens is 336 g/mol. The molecule has 0 spiro atoms. The molecule has 0 radical (unpaired) electrons. The molecule has 27 heavy (non-hydrogen) atoms. The highest BCUT2D eigenvalue weighted by Gasteiger charge is 2.10. The van der Waals surface area contributed by atoms with E-state index in [1.54, 1.807) is 0 Å². The van der Waals surface area contributed by atoms with E-state index in [2.05, 4.69) is 55.9 Å². The van der Waals surface area contributed by atoms with Gasteiger partial charge in [-0.05, 0) is 62.5 Å². The Morgan fingerprint density at radius 2 is 1.89 bits per heavy atom. The standard InChI is InChI=1S/C21H32N6/c1-4-17-7-8-19(25-21-24-16(2)13-20(22-3)26-21)14-18(17)15-23-9-12-27-10-5-6-11-27/h7-8,13-14,23H,4-6,9-12,15H2,1-3H3,(H2,22,24,25,26). The Morgan fingerprint density at radius 3 is 2.63 bits per heavy atom. The number of aromatic nitrogens is 2. The van der Waals surface area contributed by atoms with Crippen LogP contribution in [0, 0.1) is 6.92 Å². The third kappa shape index (κ3) is 5.65. The largest absolute Gasteiger partial charge is 0.373 e. The van der Waals surface area contributed by atoms with Gasteiger partial charge in [0.25, 0.3) is 0 Å². The van der Waals surface area contributed by atoms with E-state index >= 15 is 0 Å². The third-order valence-corrected chi connectivity index (χ3v) is 5.07. The summed E-state index contributed by atoms with van der Waals surface area (Å²) in [4.78, 5) is 11.5. The number of likely N-dealkylation sites (tertiary alicyclic amines) is 1. The quantitative estimate of drug-likeness (QED) is 0.590. The molecule has 6 nitrogen and oxygen atoms in total. The minimum absolute atomic E-state index is 0.622. The van der Waals surface area contributed by atoms with E-state index < -0.39 is 0 Å². The molecule has 1 aliphatic heterocycles. The first-order valence-electron chi connectivity index (χ1n) is 10.0. The molecule has 0 amide bonds. The van der Waals surface area contributed by atoms with Crippen LogP contribution in [-0.4, -0.2) is 48.1 Å². The van der Waals surface area contributed by atoms with Gasteiger partial charge in [-0.1, -0.05) is 13.0 Å². The SMILES string of the molecule is CCc1ccc(Nc2nc(C)cc(NC)n2)cc1CNCCN1CCCC1. The maximum Gasteiger partial charge on any atom is 0.229 e. The number of benzene rings is 1. The van der Waals surface area contributed by atoms with Crippen molar-refractivity contribution in [1.82, 2.24) is 20.2 Å². The lowest BCUT2D eigenvalue weighted by Crippen LogP contribution is -2.29. The van der Waals surface area contributed by atoms with Gasteiger partial charge in [-0.3, -0.25) is 0 Å². The highest BCUT2D eigenvalue weighted by atomic mass is 15.2. The Kier molecular flexibility index (Phi) is 7.01. The monoisotopic (exact) mass is 368 g/mol. The van der Waals surface area contributed by atoms with Gasteiger partial charge in [0.1, 0.15) is 5.82 Å². The minimum atomic E-state index is 0.622. The summed E-state index contributed by atoms with van der Waals surface area (Å²) in [5.74, 6) is 1.44. The first-order valence-corrected chi connectivity index (χ1v) is 10.0. The molecule has 2 aromatic rings. The summed E-state index contributed by atoms with van der Waals surface area (Å²) in [6, 6.07) is 8.46. The third-order valence-electron chi connectivity index (χ3n) is 5.07. The molecule has 6 heteroatoms. The predicted octanol–water partition coefficient (Wildman–Crippen LogP) is 3.32. The van der Waals surface area contributed by atoms with Gasteiger partial charge in [-0.25, -0.2) is 4.98 Å². The van der Waals surface area contributed by atoms with Gasteiger partial charge in [-0.2, -0.15) is 4.98 Å². The molecule has 0 atom stereocenters. The molecule has 0 unspecified atom stereocenters. The number of rotatable bonds is 9. The lowest BCUT2D eigenvalue weighted by atomic mass is 10.0. The topological polar surface area (TPSA) is 65.1 Å². The second-order valence-electron chi connectivity index (χ2n) is 7.16. The predicted molar refractivity (Wildman–Crippen MR) is 113 cm³/mol. The molecule has 1 aromatic carbocycles. The molecule has 0 bridgehead atoms. The normalized spacial score (nSPS) is 14.5. The lowest BCUT2D eigenvalue weighted by molar-refractivity contribution is 0.335. The summed E-state index contributed by atoms with van der Waals surface area (Å²) in [5, 5.41) is 10.0. The number of nitrogens with zero attached hydrogens (tertiary/aromatic N) is 3. The van der Waals surface area contributed by atoms with Gasteiger partial charge in [0.05, 0.1) is 0 Å². The molecule has 3 N–H and O–H groups in total. The summed E-state index contributed by atoms with van der Waals surface area (Å²) in [5.41, 5.74) is 4.68. The Hall–Kier alpha value is -2.18. The number of hydrogen-bond donors (Lipinski definition) is 3. The van der Waals surface area contributed by atoms with Crippen molar-refractivity contribution in [3.8, 4) is 0 Å². The van der Waals surface area contributed by atoms with E-state index in [9.17, 15) is 0 Å². The van der Waals surface area contributed by atoms with E-state index in [0.29, 0.717) is 5.95 Å². The van der Waals surface area contributed by atoms with E-state index in [1.807, 2.05) is 20.0 Å². The molecule has 1 fully saturated rings. The Morgan fingerprint density at radius 1 is 1.07 bits per heavy atom. The van der Waals surface area contributed by atoms with Crippen LogP contribution in [0.4, 0.5) is 17.5 Å². The zero-order valence-electron chi connectivity index (χ0n) is 16.8. The smallest absolute Gasteiger partial charge is 0.229 e. The van der Waals surface area contributed by atoms with Crippen LogP contribution in [0.25, 0.3) is 0 Å². The highest BCUT2D eigenvalue weighted by molar-refractivity contribution is 5.57. The zero-order chi connectivity index (χ0) is 19.1. The van der Waals surface area contributed by atoms with Crippen molar-refractivity contribution >= 4 is 17.5 Å². The molecule has 2 heterocycles. The molecule has 1 saturated heterocycles. The van der Waals surface area contributed by atoms with Crippen molar-refractivity contribution in [3.63, 3.8) is 0 Å². The summed E-state index contributed by atoms with van der Waals surface area (Å²) in [6.45, 7) is 9.76. The number of aryl methyl sites for hydroxylation is 2. The maximum absolute atomic E-state index is 4.49. The Labute approximate surface area is 162 Å². The average molecular weight is 369 g/mol. The number of nitrogens with one attached hydrogen (secondary N) is 3. The molecule has 146 valence electrons. The van der Waals surface area contributed by atoms with Gasteiger partial charge in [0.2, 0.25) is 5.95 Å². The van der Waals surface area contributed by atoms with E-state index in [0.717, 1.165) is 43.3 Å². The maximum atomic E-state index is 4.49. The molecule has 1 aliphatic rings. The minimum Gasteiger partial charge on any atom is -0.373 e. The van der Waals surface area contributed by atoms with Crippen LogP contribution in [0.5, 0.6) is 0 Å². The molecule has 0 aliphatic carbocycles. The van der Waals surface area contributed by atoms with Crippen molar-refractivity contribution in [3.05, 3.63) is 41.1 Å². The Bertz CT molecular complexity index is 739. The number of hydrogen-bond acceptors (Lipinski definition) is 6. The number of anilines is 3. The first-order chi connectivity index (χ1) is 13.2. The van der Waals surface area contributed by atoms with Crippen molar-refractivity contribution in [1.29, 1.82) is 0 Å². The fourth-order valence-electron chi connectivity index (χ4n) is 3.56. The molecule has 1 aromatic heterocycles. The van der Waals surface area contributed by atoms with Gasteiger partial charge in [0, 0.05) is 44.1 Å². The Balaban J connectivity index is 1.62. The van der Waals surface area contributed by atoms with Crippen molar-refractivity contribution in [2.45, 2.75) is 39.7 Å². The van der Waals surface area contributed by atoms with Crippen molar-refractivity contribution < 1.29 is 0 Å². The average Bonchev–Trinajstić information content (AvgIpc) is 3.18. The zero-order valence-corrected chi connectivity index (χ0v) is 16.8. The molecular formula is C21H32N6. The van der Waals surface area contributed by atoms with Crippen LogP contribution in [0.15, 0.2) is 24.3 Å².